The lowest BCUT2D eigenvalue weighted by molar-refractivity contribution is 0.606. The van der Waals surface area contributed by atoms with Crippen LogP contribution in [0, 0.1) is 0 Å². The molecule has 0 saturated heterocycles. The molecule has 1 aromatic heterocycles. The van der Waals surface area contributed by atoms with Crippen molar-refractivity contribution in [3.05, 3.63) is 22.8 Å². The minimum Gasteiger partial charge on any atom is -0.243 e. The largest absolute Gasteiger partial charge is 0.278 e. The zero-order valence-electron chi connectivity index (χ0n) is 5.16. The summed E-state index contributed by atoms with van der Waals surface area (Å²) in [5, 5.41) is -0.145. The number of nitrogens with zero attached hydrogens (tertiary/aromatic N) is 1. The number of hydrogen-bond acceptors (Lipinski definition) is 3. The molecule has 0 amide bonds. The lowest BCUT2D eigenvalue weighted by Crippen LogP contribution is -1.93. The van der Waals surface area contributed by atoms with Crippen molar-refractivity contribution in [2.75, 3.05) is 0 Å². The van der Waals surface area contributed by atoms with Crippen LogP contribution in [0.25, 0.3) is 0 Å². The molecule has 0 spiro atoms. The van der Waals surface area contributed by atoms with Crippen LogP contribution in [0.4, 0.5) is 0 Å². The lowest BCUT2D eigenvalue weighted by atomic mass is 10.5. The van der Waals surface area contributed by atoms with Crippen molar-refractivity contribution in [1.82, 2.24) is 4.98 Å². The van der Waals surface area contributed by atoms with Gasteiger partial charge in [0.15, 0.2) is 5.03 Å². The van der Waals surface area contributed by atoms with Crippen molar-refractivity contribution in [1.29, 1.82) is 0 Å². The van der Waals surface area contributed by atoms with Crippen LogP contribution in [0.1, 0.15) is 0 Å². The molecule has 0 bridgehead atoms. The first-order chi connectivity index (χ1) is 5.00. The highest BCUT2D eigenvalue weighted by Crippen LogP contribution is 2.16. The van der Waals surface area contributed by atoms with E-state index in [1.807, 2.05) is 0 Å². The molecule has 0 aromatic carbocycles. The highest BCUT2D eigenvalue weighted by atomic mass is 79.9. The average molecular weight is 257 g/mol. The molecule has 6 heteroatoms. The van der Waals surface area contributed by atoms with E-state index in [-0.39, 0.29) is 5.03 Å². The minimum atomic E-state index is -3.69. The molecule has 0 aliphatic carbocycles. The van der Waals surface area contributed by atoms with E-state index >= 15 is 0 Å². The molecule has 11 heavy (non-hydrogen) atoms. The Morgan fingerprint density at radius 2 is 2.18 bits per heavy atom. The molecule has 3 nitrogen and oxygen atoms in total. The predicted molar refractivity (Wildman–Crippen MR) is 45.0 cm³/mol. The smallest absolute Gasteiger partial charge is 0.243 e. The van der Waals surface area contributed by atoms with Crippen LogP contribution in [0.2, 0.25) is 0 Å². The van der Waals surface area contributed by atoms with Crippen molar-refractivity contribution >= 4 is 35.7 Å². The number of pyridine rings is 1. The van der Waals surface area contributed by atoms with Crippen LogP contribution in [0.15, 0.2) is 27.8 Å². The Kier molecular flexibility index (Phi) is 2.51. The van der Waals surface area contributed by atoms with Gasteiger partial charge in [0, 0.05) is 21.4 Å². The van der Waals surface area contributed by atoms with Gasteiger partial charge in [-0.05, 0) is 12.1 Å². The Morgan fingerprint density at radius 1 is 1.55 bits per heavy atom. The third kappa shape index (κ3) is 2.43. The number of aromatic nitrogens is 1. The molecular weight excluding hydrogens is 253 g/mol. The maximum atomic E-state index is 10.7. The maximum absolute atomic E-state index is 10.7. The number of halogens is 2. The summed E-state index contributed by atoms with van der Waals surface area (Å²) >= 11 is 3.09. The Labute approximate surface area is 77.0 Å². The van der Waals surface area contributed by atoms with Gasteiger partial charge < -0.3 is 0 Å². The summed E-state index contributed by atoms with van der Waals surface area (Å²) in [4.78, 5) is 3.56. The van der Waals surface area contributed by atoms with Crippen molar-refractivity contribution < 1.29 is 8.42 Å². The second-order valence-electron chi connectivity index (χ2n) is 1.75. The highest BCUT2D eigenvalue weighted by Gasteiger charge is 2.10. The summed E-state index contributed by atoms with van der Waals surface area (Å²) < 4.78 is 22.0. The summed E-state index contributed by atoms with van der Waals surface area (Å²) in [6.45, 7) is 0. The van der Waals surface area contributed by atoms with Crippen LogP contribution in [0.3, 0.4) is 0 Å². The third-order valence-electron chi connectivity index (χ3n) is 0.947. The van der Waals surface area contributed by atoms with Crippen LogP contribution < -0.4 is 0 Å². The second-order valence-corrected chi connectivity index (χ2v) is 5.18. The summed E-state index contributed by atoms with van der Waals surface area (Å²) in [5.41, 5.74) is 0. The van der Waals surface area contributed by atoms with E-state index in [2.05, 4.69) is 20.9 Å². The predicted octanol–water partition coefficient (Wildman–Crippen LogP) is 1.77. The summed E-state index contributed by atoms with van der Waals surface area (Å²) in [6.07, 6.45) is 1.36. The Balaban J connectivity index is 3.28. The monoisotopic (exact) mass is 255 g/mol. The van der Waals surface area contributed by atoms with E-state index in [9.17, 15) is 8.42 Å². The maximum Gasteiger partial charge on any atom is 0.278 e. The first-order valence-electron chi connectivity index (χ1n) is 2.56. The van der Waals surface area contributed by atoms with Gasteiger partial charge in [0.1, 0.15) is 0 Å². The Bertz CT molecular complexity index is 365. The molecule has 0 radical (unpaired) electrons. The first-order valence-corrected chi connectivity index (χ1v) is 5.66. The van der Waals surface area contributed by atoms with Crippen molar-refractivity contribution in [2.24, 2.45) is 0 Å². The molecule has 0 atom stereocenters. The normalized spacial score (nSPS) is 11.5. The van der Waals surface area contributed by atoms with Gasteiger partial charge in [-0.2, -0.15) is 0 Å². The fourth-order valence-corrected chi connectivity index (χ4v) is 1.71. The molecule has 1 aromatic rings. The molecule has 60 valence electrons. The van der Waals surface area contributed by atoms with E-state index in [0.29, 0.717) is 4.47 Å². The highest BCUT2D eigenvalue weighted by molar-refractivity contribution is 9.10. The van der Waals surface area contributed by atoms with Crippen LogP contribution >= 0.6 is 26.6 Å². The van der Waals surface area contributed by atoms with E-state index in [4.69, 9.17) is 10.7 Å². The summed E-state index contributed by atoms with van der Waals surface area (Å²) in [6, 6.07) is 2.95. The molecular formula is C5H3BrClNO2S. The summed E-state index contributed by atoms with van der Waals surface area (Å²) in [5.74, 6) is 0. The summed E-state index contributed by atoms with van der Waals surface area (Å²) in [7, 11) is 1.33. The third-order valence-corrected chi connectivity index (χ3v) is 2.64. The average Bonchev–Trinajstić information content (AvgIpc) is 1.86. The molecule has 0 saturated carbocycles. The number of hydrogen-bond donors (Lipinski definition) is 0. The Morgan fingerprint density at radius 3 is 2.55 bits per heavy atom. The zero-order valence-corrected chi connectivity index (χ0v) is 8.32. The minimum absolute atomic E-state index is 0.145. The fourth-order valence-electron chi connectivity index (χ4n) is 0.519. The molecule has 1 rings (SSSR count). The standard InChI is InChI=1S/C5H3BrClNO2S/c6-4-1-2-8-5(3-4)11(7,9)10/h1-3H. The van der Waals surface area contributed by atoms with Gasteiger partial charge in [0.05, 0.1) is 0 Å². The quantitative estimate of drug-likeness (QED) is 0.720. The topological polar surface area (TPSA) is 47.0 Å². The van der Waals surface area contributed by atoms with E-state index in [0.717, 1.165) is 0 Å². The molecule has 1 heterocycles. The zero-order chi connectivity index (χ0) is 8.48. The van der Waals surface area contributed by atoms with Gasteiger partial charge in [-0.3, -0.25) is 0 Å². The Hall–Kier alpha value is -0.130. The van der Waals surface area contributed by atoms with Crippen molar-refractivity contribution in [3.8, 4) is 0 Å². The SMILES string of the molecule is O=S(=O)(Cl)c1cc(Br)ccn1. The molecule has 0 N–H and O–H groups in total. The second kappa shape index (κ2) is 3.08. The molecule has 0 aliphatic rings. The first kappa shape index (κ1) is 8.96. The van der Waals surface area contributed by atoms with E-state index < -0.39 is 9.05 Å². The van der Waals surface area contributed by atoms with Crippen LogP contribution in [-0.4, -0.2) is 13.4 Å². The van der Waals surface area contributed by atoms with Gasteiger partial charge in [-0.25, -0.2) is 13.4 Å². The molecule has 0 aliphatic heterocycles. The van der Waals surface area contributed by atoms with Gasteiger partial charge >= 0.3 is 0 Å². The van der Waals surface area contributed by atoms with Gasteiger partial charge in [-0.1, -0.05) is 15.9 Å². The van der Waals surface area contributed by atoms with E-state index in [1.54, 1.807) is 6.07 Å². The molecule has 0 unspecified atom stereocenters. The van der Waals surface area contributed by atoms with Gasteiger partial charge in [0.2, 0.25) is 0 Å². The van der Waals surface area contributed by atoms with E-state index in [1.165, 1.54) is 12.3 Å². The van der Waals surface area contributed by atoms with Gasteiger partial charge in [0.25, 0.3) is 9.05 Å². The molecule has 0 fully saturated rings. The number of rotatable bonds is 1. The van der Waals surface area contributed by atoms with Crippen LogP contribution in [0.5, 0.6) is 0 Å². The van der Waals surface area contributed by atoms with Crippen LogP contribution in [-0.2, 0) is 9.05 Å². The fraction of sp³-hybridized carbons (Fsp3) is 0. The van der Waals surface area contributed by atoms with Gasteiger partial charge in [-0.15, -0.1) is 0 Å². The lowest BCUT2D eigenvalue weighted by Gasteiger charge is -1.93. The van der Waals surface area contributed by atoms with Crippen molar-refractivity contribution in [2.45, 2.75) is 5.03 Å². The van der Waals surface area contributed by atoms with Crippen molar-refractivity contribution in [3.63, 3.8) is 0 Å².